The van der Waals surface area contributed by atoms with E-state index in [1.165, 1.54) is 11.3 Å². The molecule has 7 heteroatoms. The van der Waals surface area contributed by atoms with Gasteiger partial charge in [0.25, 0.3) is 0 Å². The molecule has 0 bridgehead atoms. The van der Waals surface area contributed by atoms with Gasteiger partial charge in [-0.05, 0) is 23.6 Å². The molecule has 0 amide bonds. The summed E-state index contributed by atoms with van der Waals surface area (Å²) >= 11 is 2.78. The highest BCUT2D eigenvalue weighted by atomic mass is 32.1. The van der Waals surface area contributed by atoms with Gasteiger partial charge in [-0.25, -0.2) is 4.57 Å². The van der Waals surface area contributed by atoms with Crippen LogP contribution >= 0.6 is 30.5 Å². The number of rotatable bonds is 3. The second-order valence-corrected chi connectivity index (χ2v) is 5.84. The summed E-state index contributed by atoms with van der Waals surface area (Å²) in [7, 11) is -4.44. The Bertz CT molecular complexity index is 484. The van der Waals surface area contributed by atoms with Crippen LogP contribution < -0.4 is 4.52 Å². The number of hydrogen-bond acceptors (Lipinski definition) is 4. The second-order valence-electron chi connectivity index (χ2n) is 2.68. The summed E-state index contributed by atoms with van der Waals surface area (Å²) in [5, 5.41) is 2.17. The van der Waals surface area contributed by atoms with Crippen molar-refractivity contribution in [3.63, 3.8) is 0 Å². The first-order chi connectivity index (χ1) is 7.04. The van der Waals surface area contributed by atoms with Crippen LogP contribution in [-0.2, 0) is 4.57 Å². The van der Waals surface area contributed by atoms with Crippen molar-refractivity contribution in [3.8, 4) is 14.8 Å². The van der Waals surface area contributed by atoms with Gasteiger partial charge >= 0.3 is 7.82 Å². The molecule has 4 nitrogen and oxygen atoms in total. The highest BCUT2D eigenvalue weighted by Crippen LogP contribution is 2.43. The van der Waals surface area contributed by atoms with E-state index in [1.807, 2.05) is 17.5 Å². The van der Waals surface area contributed by atoms with Gasteiger partial charge in [-0.15, -0.1) is 11.3 Å². The quantitative estimate of drug-likeness (QED) is 0.834. The molecule has 0 atom stereocenters. The van der Waals surface area contributed by atoms with E-state index >= 15 is 0 Å². The highest BCUT2D eigenvalue weighted by molar-refractivity contribution is 7.47. The van der Waals surface area contributed by atoms with Crippen molar-refractivity contribution in [1.82, 2.24) is 0 Å². The topological polar surface area (TPSA) is 66.8 Å². The Morgan fingerprint density at radius 1 is 1.20 bits per heavy atom. The van der Waals surface area contributed by atoms with Crippen molar-refractivity contribution in [3.05, 3.63) is 29.6 Å². The van der Waals surface area contributed by atoms with Crippen molar-refractivity contribution < 1.29 is 18.9 Å². The number of phosphoric ester groups is 1. The first-order valence-electron chi connectivity index (χ1n) is 3.93. The Hall–Kier alpha value is -0.650. The molecule has 2 aromatic heterocycles. The predicted molar refractivity (Wildman–Crippen MR) is 60.3 cm³/mol. The summed E-state index contributed by atoms with van der Waals surface area (Å²) < 4.78 is 15.0. The van der Waals surface area contributed by atoms with Crippen molar-refractivity contribution in [2.24, 2.45) is 0 Å². The molecule has 0 unspecified atom stereocenters. The maximum atomic E-state index is 10.6. The normalized spacial score (nSPS) is 11.6. The van der Waals surface area contributed by atoms with Gasteiger partial charge in [0.1, 0.15) is 0 Å². The average Bonchev–Trinajstić information content (AvgIpc) is 2.68. The second kappa shape index (κ2) is 4.08. The van der Waals surface area contributed by atoms with E-state index in [0.29, 0.717) is 0 Å². The molecule has 2 N–H and O–H groups in total. The van der Waals surface area contributed by atoms with Crippen molar-refractivity contribution in [2.75, 3.05) is 0 Å². The van der Waals surface area contributed by atoms with Crippen LogP contribution in [0.5, 0.6) is 5.06 Å². The largest absolute Gasteiger partial charge is 0.525 e. The molecular formula is C8H7O4PS2. The van der Waals surface area contributed by atoms with E-state index in [4.69, 9.17) is 9.79 Å². The minimum absolute atomic E-state index is 0.228. The molecule has 0 aromatic carbocycles. The van der Waals surface area contributed by atoms with Gasteiger partial charge < -0.3 is 4.52 Å². The van der Waals surface area contributed by atoms with E-state index < -0.39 is 7.82 Å². The number of phosphoric acid groups is 1. The third-order valence-electron chi connectivity index (χ3n) is 1.55. The fourth-order valence-corrected chi connectivity index (χ4v) is 3.35. The van der Waals surface area contributed by atoms with E-state index in [9.17, 15) is 4.57 Å². The smallest absolute Gasteiger partial charge is 0.394 e. The molecule has 0 aliphatic carbocycles. The van der Waals surface area contributed by atoms with Gasteiger partial charge in [0.2, 0.25) is 0 Å². The molecule has 0 saturated heterocycles. The van der Waals surface area contributed by atoms with Crippen LogP contribution in [0.15, 0.2) is 29.6 Å². The molecule has 0 aliphatic heterocycles. The lowest BCUT2D eigenvalue weighted by molar-refractivity contribution is 0.286. The monoisotopic (exact) mass is 262 g/mol. The molecule has 2 heterocycles. The molecule has 2 rings (SSSR count). The van der Waals surface area contributed by atoms with Gasteiger partial charge in [0, 0.05) is 9.75 Å². The van der Waals surface area contributed by atoms with Gasteiger partial charge in [-0.2, -0.15) is 0 Å². The Labute approximate surface area is 94.0 Å². The lowest BCUT2D eigenvalue weighted by atomic mass is 10.4. The van der Waals surface area contributed by atoms with Crippen LogP contribution in [0.2, 0.25) is 0 Å². The predicted octanol–water partition coefficient (Wildman–Crippen LogP) is 2.95. The first kappa shape index (κ1) is 10.9. The molecule has 0 spiro atoms. The van der Waals surface area contributed by atoms with Gasteiger partial charge in [-0.1, -0.05) is 17.4 Å². The van der Waals surface area contributed by atoms with Crippen LogP contribution in [-0.4, -0.2) is 9.79 Å². The Morgan fingerprint density at radius 3 is 2.60 bits per heavy atom. The molecule has 0 radical (unpaired) electrons. The standard InChI is InChI=1S/C8H7O4PS2/c9-13(10,11)12-8-4-3-7(15-8)6-2-1-5-14-6/h1-5H,(H2,9,10,11). The van der Waals surface area contributed by atoms with E-state index in [-0.39, 0.29) is 5.06 Å². The van der Waals surface area contributed by atoms with Crippen molar-refractivity contribution in [1.29, 1.82) is 0 Å². The molecule has 0 saturated carbocycles. The number of thiophene rings is 2. The highest BCUT2D eigenvalue weighted by Gasteiger charge is 2.17. The van der Waals surface area contributed by atoms with Crippen molar-refractivity contribution in [2.45, 2.75) is 0 Å². The zero-order valence-corrected chi connectivity index (χ0v) is 9.89. The summed E-state index contributed by atoms with van der Waals surface area (Å²) in [5.41, 5.74) is 0. The van der Waals surface area contributed by atoms with Gasteiger partial charge in [0.05, 0.1) is 0 Å². The molecular weight excluding hydrogens is 255 g/mol. The minimum atomic E-state index is -4.44. The number of hydrogen-bond donors (Lipinski definition) is 2. The Balaban J connectivity index is 2.22. The fraction of sp³-hybridized carbons (Fsp3) is 0. The first-order valence-corrected chi connectivity index (χ1v) is 7.16. The molecule has 0 aliphatic rings. The van der Waals surface area contributed by atoms with Crippen LogP contribution in [0.1, 0.15) is 0 Å². The lowest BCUT2D eigenvalue weighted by Gasteiger charge is -2.02. The maximum absolute atomic E-state index is 10.6. The Kier molecular flexibility index (Phi) is 2.95. The van der Waals surface area contributed by atoms with Crippen LogP contribution in [0.4, 0.5) is 0 Å². The SMILES string of the molecule is O=P(O)(O)Oc1ccc(-c2cccs2)s1. The van der Waals surface area contributed by atoms with Gasteiger partial charge in [-0.3, -0.25) is 9.79 Å². The van der Waals surface area contributed by atoms with Crippen LogP contribution in [0.25, 0.3) is 9.75 Å². The molecule has 80 valence electrons. The molecule has 15 heavy (non-hydrogen) atoms. The minimum Gasteiger partial charge on any atom is -0.394 e. The summed E-state index contributed by atoms with van der Waals surface area (Å²) in [6.07, 6.45) is 0. The average molecular weight is 262 g/mol. The lowest BCUT2D eigenvalue weighted by Crippen LogP contribution is -1.86. The van der Waals surface area contributed by atoms with Crippen molar-refractivity contribution >= 4 is 30.5 Å². The fourth-order valence-electron chi connectivity index (χ4n) is 1.04. The molecule has 2 aromatic rings. The maximum Gasteiger partial charge on any atom is 0.525 e. The van der Waals surface area contributed by atoms with E-state index in [2.05, 4.69) is 4.52 Å². The van der Waals surface area contributed by atoms with Crippen LogP contribution in [0, 0.1) is 0 Å². The Morgan fingerprint density at radius 2 is 2.00 bits per heavy atom. The zero-order chi connectivity index (χ0) is 10.9. The van der Waals surface area contributed by atoms with E-state index in [1.54, 1.807) is 23.5 Å². The zero-order valence-electron chi connectivity index (χ0n) is 7.36. The van der Waals surface area contributed by atoms with Gasteiger partial charge in [0.15, 0.2) is 5.06 Å². The summed E-state index contributed by atoms with van der Waals surface area (Å²) in [5.74, 6) is 0. The van der Waals surface area contributed by atoms with Crippen LogP contribution in [0.3, 0.4) is 0 Å². The summed E-state index contributed by atoms with van der Waals surface area (Å²) in [4.78, 5) is 19.2. The summed E-state index contributed by atoms with van der Waals surface area (Å²) in [6, 6.07) is 7.20. The van der Waals surface area contributed by atoms with E-state index in [0.717, 1.165) is 9.75 Å². The summed E-state index contributed by atoms with van der Waals surface area (Å²) in [6.45, 7) is 0. The molecule has 0 fully saturated rings. The third kappa shape index (κ3) is 2.90. The third-order valence-corrected chi connectivity index (χ3v) is 4.14.